The molecule has 1 aromatic carbocycles. The first-order valence-corrected chi connectivity index (χ1v) is 6.19. The van der Waals surface area contributed by atoms with Crippen molar-refractivity contribution in [2.24, 2.45) is 0 Å². The first-order valence-electron chi connectivity index (χ1n) is 5.81. The number of aromatic nitrogens is 1. The van der Waals surface area contributed by atoms with E-state index in [1.807, 2.05) is 12.1 Å². The molecule has 1 aliphatic heterocycles. The fourth-order valence-corrected chi connectivity index (χ4v) is 2.81. The minimum Gasteiger partial charge on any atom is -0.361 e. The van der Waals surface area contributed by atoms with Crippen molar-refractivity contribution in [3.05, 3.63) is 35.0 Å². The molecular formula is C13H15ClN2. The fraction of sp³-hybridized carbons (Fsp3) is 0.385. The Bertz CT molecular complexity index is 498. The zero-order valence-electron chi connectivity index (χ0n) is 9.17. The van der Waals surface area contributed by atoms with Crippen molar-refractivity contribution in [2.45, 2.75) is 19.4 Å². The molecule has 0 bridgehead atoms. The highest BCUT2D eigenvalue weighted by molar-refractivity contribution is 6.35. The number of H-pyrrole nitrogens is 1. The largest absolute Gasteiger partial charge is 0.361 e. The molecule has 0 atom stereocenters. The maximum Gasteiger partial charge on any atom is 0.0503 e. The molecule has 2 aromatic rings. The standard InChI is InChI=1S/C13H15ClN2/c14-11-4-3-5-12-13(11)10(8-15-12)9-16-6-1-2-7-16/h3-5,8,15H,1-2,6-7,9H2. The minimum absolute atomic E-state index is 0.855. The molecule has 3 rings (SSSR count). The van der Waals surface area contributed by atoms with Gasteiger partial charge < -0.3 is 4.98 Å². The predicted molar refractivity (Wildman–Crippen MR) is 67.8 cm³/mol. The van der Waals surface area contributed by atoms with Crippen LogP contribution >= 0.6 is 11.6 Å². The molecule has 0 spiro atoms. The summed E-state index contributed by atoms with van der Waals surface area (Å²) in [6, 6.07) is 6.03. The van der Waals surface area contributed by atoms with Crippen molar-refractivity contribution in [3.63, 3.8) is 0 Å². The summed E-state index contributed by atoms with van der Waals surface area (Å²) >= 11 is 6.25. The molecular weight excluding hydrogens is 220 g/mol. The molecule has 3 heteroatoms. The van der Waals surface area contributed by atoms with Crippen LogP contribution in [0.15, 0.2) is 24.4 Å². The van der Waals surface area contributed by atoms with Crippen LogP contribution in [0.25, 0.3) is 10.9 Å². The first kappa shape index (κ1) is 10.2. The smallest absolute Gasteiger partial charge is 0.0503 e. The Morgan fingerprint density at radius 1 is 1.25 bits per heavy atom. The number of likely N-dealkylation sites (tertiary alicyclic amines) is 1. The third-order valence-electron chi connectivity index (χ3n) is 3.33. The maximum atomic E-state index is 6.25. The summed E-state index contributed by atoms with van der Waals surface area (Å²) < 4.78 is 0. The molecule has 1 saturated heterocycles. The van der Waals surface area contributed by atoms with Gasteiger partial charge in [0.2, 0.25) is 0 Å². The normalized spacial score (nSPS) is 17.3. The zero-order chi connectivity index (χ0) is 11.0. The maximum absolute atomic E-state index is 6.25. The van der Waals surface area contributed by atoms with E-state index in [4.69, 9.17) is 11.6 Å². The molecule has 1 fully saturated rings. The highest BCUT2D eigenvalue weighted by Crippen LogP contribution is 2.28. The van der Waals surface area contributed by atoms with Crippen molar-refractivity contribution in [1.82, 2.24) is 9.88 Å². The van der Waals surface area contributed by atoms with E-state index in [1.165, 1.54) is 36.9 Å². The number of nitrogens with one attached hydrogen (secondary N) is 1. The Kier molecular flexibility index (Phi) is 2.62. The molecule has 0 aliphatic carbocycles. The number of nitrogens with zero attached hydrogens (tertiary/aromatic N) is 1. The van der Waals surface area contributed by atoms with E-state index >= 15 is 0 Å². The molecule has 2 heterocycles. The highest BCUT2D eigenvalue weighted by atomic mass is 35.5. The molecule has 0 saturated carbocycles. The molecule has 16 heavy (non-hydrogen) atoms. The van der Waals surface area contributed by atoms with Gasteiger partial charge in [-0.05, 0) is 43.6 Å². The lowest BCUT2D eigenvalue weighted by Crippen LogP contribution is -2.18. The monoisotopic (exact) mass is 234 g/mol. The van der Waals surface area contributed by atoms with Crippen molar-refractivity contribution in [3.8, 4) is 0 Å². The second-order valence-electron chi connectivity index (χ2n) is 4.46. The Hall–Kier alpha value is -0.990. The summed E-state index contributed by atoms with van der Waals surface area (Å²) in [5, 5.41) is 2.05. The number of rotatable bonds is 2. The summed E-state index contributed by atoms with van der Waals surface area (Å²) in [5.41, 5.74) is 2.46. The van der Waals surface area contributed by atoms with Gasteiger partial charge in [0.05, 0.1) is 5.02 Å². The van der Waals surface area contributed by atoms with E-state index in [0.717, 1.165) is 17.1 Å². The van der Waals surface area contributed by atoms with Crippen LogP contribution < -0.4 is 0 Å². The van der Waals surface area contributed by atoms with Crippen LogP contribution in [0.2, 0.25) is 5.02 Å². The second-order valence-corrected chi connectivity index (χ2v) is 4.87. The van der Waals surface area contributed by atoms with E-state index < -0.39 is 0 Å². The van der Waals surface area contributed by atoms with Crippen LogP contribution in [0.4, 0.5) is 0 Å². The van der Waals surface area contributed by atoms with E-state index in [-0.39, 0.29) is 0 Å². The van der Waals surface area contributed by atoms with Gasteiger partial charge in [0.15, 0.2) is 0 Å². The molecule has 2 nitrogen and oxygen atoms in total. The Labute approximate surface area is 100 Å². The van der Waals surface area contributed by atoms with Crippen LogP contribution in [0.5, 0.6) is 0 Å². The third-order valence-corrected chi connectivity index (χ3v) is 3.64. The minimum atomic E-state index is 0.855. The quantitative estimate of drug-likeness (QED) is 0.844. The number of hydrogen-bond donors (Lipinski definition) is 1. The fourth-order valence-electron chi connectivity index (χ4n) is 2.51. The van der Waals surface area contributed by atoms with Gasteiger partial charge in [-0.1, -0.05) is 17.7 Å². The van der Waals surface area contributed by atoms with Gasteiger partial charge in [0.25, 0.3) is 0 Å². The predicted octanol–water partition coefficient (Wildman–Crippen LogP) is 3.42. The Morgan fingerprint density at radius 2 is 2.06 bits per heavy atom. The van der Waals surface area contributed by atoms with Gasteiger partial charge in [0, 0.05) is 23.6 Å². The van der Waals surface area contributed by atoms with Gasteiger partial charge in [0.1, 0.15) is 0 Å². The van der Waals surface area contributed by atoms with Crippen molar-refractivity contribution in [2.75, 3.05) is 13.1 Å². The Balaban J connectivity index is 1.97. The molecule has 1 aromatic heterocycles. The lowest BCUT2D eigenvalue weighted by molar-refractivity contribution is 0.332. The number of benzene rings is 1. The van der Waals surface area contributed by atoms with Crippen LogP contribution in [0, 0.1) is 0 Å². The van der Waals surface area contributed by atoms with Crippen LogP contribution in [-0.4, -0.2) is 23.0 Å². The second kappa shape index (κ2) is 4.11. The van der Waals surface area contributed by atoms with Gasteiger partial charge >= 0.3 is 0 Å². The summed E-state index contributed by atoms with van der Waals surface area (Å²) in [6.07, 6.45) is 4.75. The van der Waals surface area contributed by atoms with Gasteiger partial charge in [-0.25, -0.2) is 0 Å². The molecule has 0 amide bonds. The first-order chi connectivity index (χ1) is 7.84. The lowest BCUT2D eigenvalue weighted by Gasteiger charge is -2.13. The summed E-state index contributed by atoms with van der Waals surface area (Å²) in [6.45, 7) is 3.46. The van der Waals surface area contributed by atoms with Gasteiger partial charge in [-0.15, -0.1) is 0 Å². The topological polar surface area (TPSA) is 19.0 Å². The lowest BCUT2D eigenvalue weighted by atomic mass is 10.1. The van der Waals surface area contributed by atoms with Crippen molar-refractivity contribution >= 4 is 22.5 Å². The molecule has 0 unspecified atom stereocenters. The highest BCUT2D eigenvalue weighted by Gasteiger charge is 2.14. The average Bonchev–Trinajstić information content (AvgIpc) is 2.90. The summed E-state index contributed by atoms with van der Waals surface area (Å²) in [4.78, 5) is 5.78. The van der Waals surface area contributed by atoms with Crippen LogP contribution in [-0.2, 0) is 6.54 Å². The van der Waals surface area contributed by atoms with Crippen LogP contribution in [0.3, 0.4) is 0 Å². The van der Waals surface area contributed by atoms with Crippen molar-refractivity contribution in [1.29, 1.82) is 0 Å². The SMILES string of the molecule is Clc1cccc2[nH]cc(CN3CCCC3)c12. The Morgan fingerprint density at radius 3 is 2.88 bits per heavy atom. The summed E-state index contributed by atoms with van der Waals surface area (Å²) in [5.74, 6) is 0. The van der Waals surface area contributed by atoms with E-state index in [2.05, 4.69) is 22.1 Å². The van der Waals surface area contributed by atoms with Gasteiger partial charge in [-0.2, -0.15) is 0 Å². The van der Waals surface area contributed by atoms with E-state index in [0.29, 0.717) is 0 Å². The molecule has 1 N–H and O–H groups in total. The zero-order valence-corrected chi connectivity index (χ0v) is 9.93. The van der Waals surface area contributed by atoms with Crippen LogP contribution in [0.1, 0.15) is 18.4 Å². The number of aromatic amines is 1. The molecule has 1 aliphatic rings. The number of fused-ring (bicyclic) bond motifs is 1. The molecule has 0 radical (unpaired) electrons. The van der Waals surface area contributed by atoms with Gasteiger partial charge in [-0.3, -0.25) is 4.90 Å². The van der Waals surface area contributed by atoms with E-state index in [9.17, 15) is 0 Å². The molecule has 84 valence electrons. The van der Waals surface area contributed by atoms with Crippen molar-refractivity contribution < 1.29 is 0 Å². The number of halogens is 1. The average molecular weight is 235 g/mol. The number of hydrogen-bond acceptors (Lipinski definition) is 1. The summed E-state index contributed by atoms with van der Waals surface area (Å²) in [7, 11) is 0. The third kappa shape index (κ3) is 1.72. The van der Waals surface area contributed by atoms with E-state index in [1.54, 1.807) is 0 Å².